The maximum Gasteiger partial charge on any atom is 0.262 e. The number of phenolic OH excluding ortho intramolecular Hbond substituents is 1. The molecule has 0 aromatic heterocycles. The van der Waals surface area contributed by atoms with Gasteiger partial charge in [0.25, 0.3) is 5.91 Å². The van der Waals surface area contributed by atoms with Gasteiger partial charge in [-0.25, -0.2) is 8.78 Å². The molecule has 0 atom stereocenters. The van der Waals surface area contributed by atoms with Gasteiger partial charge in [0, 0.05) is 4.47 Å². The predicted molar refractivity (Wildman–Crippen MR) is 70.1 cm³/mol. The minimum Gasteiger partial charge on any atom is -0.507 e. The summed E-state index contributed by atoms with van der Waals surface area (Å²) in [5, 5.41) is 11.7. The molecule has 0 radical (unpaired) electrons. The van der Waals surface area contributed by atoms with Crippen LogP contribution in [0.1, 0.15) is 10.4 Å². The van der Waals surface area contributed by atoms with Crippen molar-refractivity contribution in [3.63, 3.8) is 0 Å². The number of nitrogens with one attached hydrogen (secondary N) is 1. The Morgan fingerprint density at radius 2 is 1.74 bits per heavy atom. The summed E-state index contributed by atoms with van der Waals surface area (Å²) < 4.78 is 27.3. The van der Waals surface area contributed by atoms with Gasteiger partial charge in [0.15, 0.2) is 0 Å². The van der Waals surface area contributed by atoms with Crippen molar-refractivity contribution >= 4 is 27.5 Å². The first-order valence-corrected chi connectivity index (χ1v) is 6.03. The second-order valence-corrected chi connectivity index (χ2v) is 4.54. The van der Waals surface area contributed by atoms with Gasteiger partial charge in [-0.05, 0) is 40.2 Å². The van der Waals surface area contributed by atoms with Gasteiger partial charge in [-0.1, -0.05) is 12.1 Å². The van der Waals surface area contributed by atoms with Crippen molar-refractivity contribution in [1.29, 1.82) is 0 Å². The van der Waals surface area contributed by atoms with Crippen LogP contribution in [0.4, 0.5) is 14.5 Å². The van der Waals surface area contributed by atoms with Crippen LogP contribution in [-0.2, 0) is 0 Å². The van der Waals surface area contributed by atoms with E-state index in [0.717, 1.165) is 12.1 Å². The van der Waals surface area contributed by atoms with Crippen LogP contribution in [0.25, 0.3) is 0 Å². The maximum absolute atomic E-state index is 13.5. The molecule has 2 N–H and O–H groups in total. The van der Waals surface area contributed by atoms with E-state index in [4.69, 9.17) is 0 Å². The third-order valence-corrected chi connectivity index (χ3v) is 3.08. The molecule has 1 amide bonds. The summed E-state index contributed by atoms with van der Waals surface area (Å²) in [5.74, 6) is -2.99. The summed E-state index contributed by atoms with van der Waals surface area (Å²) in [7, 11) is 0. The molecule has 98 valence electrons. The standard InChI is InChI=1S/C13H8BrF2NO2/c14-7-3-1-5-9(16)12(7)17-13(19)11-8(15)4-2-6-10(11)18/h1-6,18H,(H,17,19). The van der Waals surface area contributed by atoms with Gasteiger partial charge in [0.1, 0.15) is 22.9 Å². The number of phenols is 1. The fourth-order valence-corrected chi connectivity index (χ4v) is 1.97. The molecule has 0 aliphatic heterocycles. The summed E-state index contributed by atoms with van der Waals surface area (Å²) in [6.45, 7) is 0. The quantitative estimate of drug-likeness (QED) is 0.883. The van der Waals surface area contributed by atoms with Crippen LogP contribution >= 0.6 is 15.9 Å². The van der Waals surface area contributed by atoms with Crippen LogP contribution in [0.3, 0.4) is 0 Å². The smallest absolute Gasteiger partial charge is 0.262 e. The Morgan fingerprint density at radius 3 is 2.37 bits per heavy atom. The summed E-state index contributed by atoms with van der Waals surface area (Å²) in [6, 6.07) is 7.61. The third-order valence-electron chi connectivity index (χ3n) is 2.42. The Labute approximate surface area is 116 Å². The highest BCUT2D eigenvalue weighted by atomic mass is 79.9. The number of amides is 1. The number of carbonyl (C=O) groups excluding carboxylic acids is 1. The zero-order valence-corrected chi connectivity index (χ0v) is 11.0. The highest BCUT2D eigenvalue weighted by Crippen LogP contribution is 2.27. The first-order valence-electron chi connectivity index (χ1n) is 5.23. The first-order chi connectivity index (χ1) is 9.00. The normalized spacial score (nSPS) is 10.3. The van der Waals surface area contributed by atoms with Crippen molar-refractivity contribution < 1.29 is 18.7 Å². The number of carbonyl (C=O) groups is 1. The Morgan fingerprint density at radius 1 is 1.11 bits per heavy atom. The van der Waals surface area contributed by atoms with Gasteiger partial charge in [-0.3, -0.25) is 4.79 Å². The summed E-state index contributed by atoms with van der Waals surface area (Å²) in [5.41, 5.74) is -0.646. The van der Waals surface area contributed by atoms with Crippen LogP contribution < -0.4 is 5.32 Å². The molecule has 19 heavy (non-hydrogen) atoms. The van der Waals surface area contributed by atoms with Crippen molar-refractivity contribution in [1.82, 2.24) is 0 Å². The molecule has 0 fully saturated rings. The monoisotopic (exact) mass is 327 g/mol. The van der Waals surface area contributed by atoms with Crippen molar-refractivity contribution in [3.05, 3.63) is 58.1 Å². The minimum atomic E-state index is -0.929. The molecule has 0 aliphatic carbocycles. The maximum atomic E-state index is 13.5. The van der Waals surface area contributed by atoms with Gasteiger partial charge in [-0.2, -0.15) is 0 Å². The van der Waals surface area contributed by atoms with Crippen LogP contribution in [0.5, 0.6) is 5.75 Å². The molecule has 2 aromatic carbocycles. The summed E-state index contributed by atoms with van der Waals surface area (Å²) >= 11 is 3.07. The predicted octanol–water partition coefficient (Wildman–Crippen LogP) is 3.69. The SMILES string of the molecule is O=C(Nc1c(F)cccc1Br)c1c(O)cccc1F. The highest BCUT2D eigenvalue weighted by Gasteiger charge is 2.18. The molecule has 3 nitrogen and oxygen atoms in total. The molecule has 0 aliphatic rings. The fraction of sp³-hybridized carbons (Fsp3) is 0. The molecular formula is C13H8BrF2NO2. The molecule has 0 bridgehead atoms. The lowest BCUT2D eigenvalue weighted by molar-refractivity contribution is 0.102. The lowest BCUT2D eigenvalue weighted by atomic mass is 10.1. The van der Waals surface area contributed by atoms with Crippen molar-refractivity contribution in [2.75, 3.05) is 5.32 Å². The second-order valence-electron chi connectivity index (χ2n) is 3.68. The van der Waals surface area contributed by atoms with Crippen LogP contribution in [-0.4, -0.2) is 11.0 Å². The molecule has 0 unspecified atom stereocenters. The zero-order valence-electron chi connectivity index (χ0n) is 9.45. The molecule has 0 spiro atoms. The average molecular weight is 328 g/mol. The largest absolute Gasteiger partial charge is 0.507 e. The molecule has 2 rings (SSSR count). The van der Waals surface area contributed by atoms with Gasteiger partial charge >= 0.3 is 0 Å². The van der Waals surface area contributed by atoms with E-state index in [1.165, 1.54) is 24.3 Å². The number of halogens is 3. The van der Waals surface area contributed by atoms with Crippen molar-refractivity contribution in [2.45, 2.75) is 0 Å². The van der Waals surface area contributed by atoms with E-state index in [-0.39, 0.29) is 5.69 Å². The van der Waals surface area contributed by atoms with E-state index in [2.05, 4.69) is 21.2 Å². The van der Waals surface area contributed by atoms with E-state index in [0.29, 0.717) is 4.47 Å². The minimum absolute atomic E-state index is 0.116. The van der Waals surface area contributed by atoms with Gasteiger partial charge in [0.05, 0.1) is 5.69 Å². The second kappa shape index (κ2) is 5.36. The number of hydrogen-bond acceptors (Lipinski definition) is 2. The number of hydrogen-bond donors (Lipinski definition) is 2. The summed E-state index contributed by atoms with van der Waals surface area (Å²) in [6.07, 6.45) is 0. The molecule has 2 aromatic rings. The van der Waals surface area contributed by atoms with E-state index >= 15 is 0 Å². The van der Waals surface area contributed by atoms with E-state index in [1.807, 2.05) is 0 Å². The molecule has 0 heterocycles. The Bertz CT molecular complexity index is 606. The number of para-hydroxylation sites is 1. The fourth-order valence-electron chi connectivity index (χ4n) is 1.53. The molecule has 6 heteroatoms. The number of rotatable bonds is 2. The van der Waals surface area contributed by atoms with Crippen molar-refractivity contribution in [2.24, 2.45) is 0 Å². The average Bonchev–Trinajstić information content (AvgIpc) is 2.34. The van der Waals surface area contributed by atoms with Crippen LogP contribution in [0, 0.1) is 11.6 Å². The van der Waals surface area contributed by atoms with E-state index in [9.17, 15) is 18.7 Å². The lowest BCUT2D eigenvalue weighted by Gasteiger charge is -2.10. The molecule has 0 saturated heterocycles. The van der Waals surface area contributed by atoms with Crippen LogP contribution in [0.2, 0.25) is 0 Å². The Kier molecular flexibility index (Phi) is 3.80. The summed E-state index contributed by atoms with van der Waals surface area (Å²) in [4.78, 5) is 11.9. The third kappa shape index (κ3) is 2.73. The number of anilines is 1. The number of benzene rings is 2. The highest BCUT2D eigenvalue weighted by molar-refractivity contribution is 9.10. The van der Waals surface area contributed by atoms with Crippen LogP contribution in [0.15, 0.2) is 40.9 Å². The first kappa shape index (κ1) is 13.5. The Hall–Kier alpha value is -1.95. The molecule has 0 saturated carbocycles. The van der Waals surface area contributed by atoms with Gasteiger partial charge in [-0.15, -0.1) is 0 Å². The van der Waals surface area contributed by atoms with E-state index < -0.39 is 28.9 Å². The lowest BCUT2D eigenvalue weighted by Crippen LogP contribution is -2.15. The van der Waals surface area contributed by atoms with Gasteiger partial charge in [0.2, 0.25) is 0 Å². The number of aromatic hydroxyl groups is 1. The zero-order chi connectivity index (χ0) is 14.0. The van der Waals surface area contributed by atoms with Gasteiger partial charge < -0.3 is 10.4 Å². The topological polar surface area (TPSA) is 49.3 Å². The van der Waals surface area contributed by atoms with Crippen molar-refractivity contribution in [3.8, 4) is 5.75 Å². The van der Waals surface area contributed by atoms with E-state index in [1.54, 1.807) is 0 Å². The molecular weight excluding hydrogens is 320 g/mol. The Balaban J connectivity index is 2.37.